The number of hydrogen-bond donors (Lipinski definition) is 0. The number of aryl methyl sites for hydroxylation is 1. The van der Waals surface area contributed by atoms with E-state index in [2.05, 4.69) is 0 Å². The number of amides is 2. The van der Waals surface area contributed by atoms with Crippen LogP contribution in [0.3, 0.4) is 0 Å². The third-order valence-corrected chi connectivity index (χ3v) is 6.84. The van der Waals surface area contributed by atoms with E-state index in [0.717, 1.165) is 12.0 Å². The van der Waals surface area contributed by atoms with Crippen LogP contribution in [0.25, 0.3) is 0 Å². The molecule has 0 atom stereocenters. The lowest BCUT2D eigenvalue weighted by atomic mass is 10.1. The summed E-state index contributed by atoms with van der Waals surface area (Å²) in [7, 11) is -3.92. The molecule has 1 heterocycles. The highest BCUT2D eigenvalue weighted by atomic mass is 32.2. The normalized spacial score (nSPS) is 14.5. The Morgan fingerprint density at radius 2 is 1.62 bits per heavy atom. The lowest BCUT2D eigenvalue weighted by Gasteiger charge is -2.34. The quantitative estimate of drug-likeness (QED) is 0.646. The summed E-state index contributed by atoms with van der Waals surface area (Å²) in [5.74, 6) is -0.277. The summed E-state index contributed by atoms with van der Waals surface area (Å²) in [6.45, 7) is 3.36. The van der Waals surface area contributed by atoms with E-state index in [1.807, 2.05) is 19.1 Å². The second-order valence-corrected chi connectivity index (χ2v) is 8.69. The van der Waals surface area contributed by atoms with E-state index in [1.165, 1.54) is 16.4 Å². The first-order chi connectivity index (χ1) is 14.0. The van der Waals surface area contributed by atoms with E-state index in [9.17, 15) is 18.0 Å². The molecule has 0 spiro atoms. The Morgan fingerprint density at radius 1 is 1.00 bits per heavy atom. The zero-order chi connectivity index (χ0) is 20.9. The fourth-order valence-electron chi connectivity index (χ4n) is 3.37. The summed E-state index contributed by atoms with van der Waals surface area (Å²) >= 11 is 0. The molecule has 2 aromatic carbocycles. The molecule has 2 amide bonds. The van der Waals surface area contributed by atoms with Gasteiger partial charge in [0.2, 0.25) is 12.3 Å². The summed E-state index contributed by atoms with van der Waals surface area (Å²) in [5.41, 5.74) is 1.37. The van der Waals surface area contributed by atoms with E-state index >= 15 is 0 Å². The first kappa shape index (κ1) is 20.9. The van der Waals surface area contributed by atoms with Crippen LogP contribution in [-0.4, -0.2) is 63.3 Å². The van der Waals surface area contributed by atoms with Crippen LogP contribution >= 0.6 is 0 Å². The molecule has 1 aliphatic rings. The van der Waals surface area contributed by atoms with Crippen molar-refractivity contribution in [2.24, 2.45) is 0 Å². The molecule has 0 unspecified atom stereocenters. The van der Waals surface area contributed by atoms with Crippen LogP contribution in [-0.2, 0) is 26.0 Å². The van der Waals surface area contributed by atoms with Crippen LogP contribution in [0.2, 0.25) is 0 Å². The minimum absolute atomic E-state index is 0.143. The molecular formula is C21H25N3O4S. The van der Waals surface area contributed by atoms with Gasteiger partial charge in [0.05, 0.1) is 10.6 Å². The standard InChI is InChI=1S/C21H25N3O4S/c1-2-18-8-6-7-11-20(18)24(29(27,28)19-9-4-3-5-10-19)16-21(26)23-14-12-22(17-25)13-15-23/h3-11,17H,2,12-16H2,1H3. The Balaban J connectivity index is 1.94. The maximum atomic E-state index is 13.4. The van der Waals surface area contributed by atoms with Crippen molar-refractivity contribution < 1.29 is 18.0 Å². The number of sulfonamides is 1. The highest BCUT2D eigenvalue weighted by Crippen LogP contribution is 2.27. The van der Waals surface area contributed by atoms with Gasteiger partial charge in [0.15, 0.2) is 0 Å². The molecular weight excluding hydrogens is 390 g/mol. The number of carbonyl (C=O) groups excluding carboxylic acids is 2. The number of nitrogens with zero attached hydrogens (tertiary/aromatic N) is 3. The van der Waals surface area contributed by atoms with Gasteiger partial charge in [-0.05, 0) is 30.2 Å². The van der Waals surface area contributed by atoms with Crippen LogP contribution in [0.4, 0.5) is 5.69 Å². The van der Waals surface area contributed by atoms with Crippen molar-refractivity contribution in [2.45, 2.75) is 18.2 Å². The Morgan fingerprint density at radius 3 is 2.24 bits per heavy atom. The molecule has 7 nitrogen and oxygen atoms in total. The average molecular weight is 416 g/mol. The molecule has 1 saturated heterocycles. The third-order valence-electron chi connectivity index (χ3n) is 5.07. The molecule has 0 N–H and O–H groups in total. The molecule has 8 heteroatoms. The van der Waals surface area contributed by atoms with Gasteiger partial charge < -0.3 is 9.80 Å². The molecule has 29 heavy (non-hydrogen) atoms. The Kier molecular flexibility index (Phi) is 6.53. The van der Waals surface area contributed by atoms with Crippen LogP contribution in [0.1, 0.15) is 12.5 Å². The van der Waals surface area contributed by atoms with E-state index in [0.29, 0.717) is 38.3 Å². The van der Waals surface area contributed by atoms with Gasteiger partial charge in [-0.3, -0.25) is 13.9 Å². The van der Waals surface area contributed by atoms with Gasteiger partial charge in [-0.15, -0.1) is 0 Å². The highest BCUT2D eigenvalue weighted by Gasteiger charge is 2.30. The number of piperazine rings is 1. The predicted octanol–water partition coefficient (Wildman–Crippen LogP) is 1.74. The molecule has 3 rings (SSSR count). The lowest BCUT2D eigenvalue weighted by molar-refractivity contribution is -0.133. The van der Waals surface area contributed by atoms with Gasteiger partial charge in [0, 0.05) is 26.2 Å². The molecule has 154 valence electrons. The van der Waals surface area contributed by atoms with Crippen molar-refractivity contribution in [1.82, 2.24) is 9.80 Å². The zero-order valence-electron chi connectivity index (χ0n) is 16.4. The van der Waals surface area contributed by atoms with Crippen LogP contribution in [0, 0.1) is 0 Å². The summed E-state index contributed by atoms with van der Waals surface area (Å²) in [5, 5.41) is 0. The van der Waals surface area contributed by atoms with Crippen molar-refractivity contribution in [2.75, 3.05) is 37.0 Å². The Labute approximate surface area is 171 Å². The molecule has 0 radical (unpaired) electrons. The smallest absolute Gasteiger partial charge is 0.264 e. The first-order valence-electron chi connectivity index (χ1n) is 9.60. The Hall–Kier alpha value is -2.87. The summed E-state index contributed by atoms with van der Waals surface area (Å²) < 4.78 is 28.0. The Bertz CT molecular complexity index is 955. The van der Waals surface area contributed by atoms with Crippen LogP contribution in [0.15, 0.2) is 59.5 Å². The molecule has 0 aliphatic carbocycles. The van der Waals surface area contributed by atoms with Crippen molar-refractivity contribution in [1.29, 1.82) is 0 Å². The highest BCUT2D eigenvalue weighted by molar-refractivity contribution is 7.92. The number of carbonyl (C=O) groups is 2. The molecule has 1 fully saturated rings. The van der Waals surface area contributed by atoms with Crippen LogP contribution in [0.5, 0.6) is 0 Å². The second kappa shape index (κ2) is 9.09. The summed E-state index contributed by atoms with van der Waals surface area (Å²) in [4.78, 5) is 27.2. The lowest BCUT2D eigenvalue weighted by Crippen LogP contribution is -2.51. The van der Waals surface area contributed by atoms with E-state index in [-0.39, 0.29) is 17.3 Å². The van der Waals surface area contributed by atoms with Gasteiger partial charge in [-0.25, -0.2) is 8.42 Å². The van der Waals surface area contributed by atoms with Gasteiger partial charge in [-0.2, -0.15) is 0 Å². The second-order valence-electron chi connectivity index (χ2n) is 6.83. The summed E-state index contributed by atoms with van der Waals surface area (Å²) in [6.07, 6.45) is 1.41. The monoisotopic (exact) mass is 415 g/mol. The number of benzene rings is 2. The molecule has 0 saturated carbocycles. The van der Waals surface area contributed by atoms with Crippen LogP contribution < -0.4 is 4.31 Å². The van der Waals surface area contributed by atoms with Gasteiger partial charge >= 0.3 is 0 Å². The van der Waals surface area contributed by atoms with Gasteiger partial charge in [0.1, 0.15) is 6.54 Å². The van der Waals surface area contributed by atoms with Crippen molar-refractivity contribution >= 4 is 28.0 Å². The number of rotatable bonds is 7. The van der Waals surface area contributed by atoms with Gasteiger partial charge in [-0.1, -0.05) is 43.3 Å². The fraction of sp³-hybridized carbons (Fsp3) is 0.333. The van der Waals surface area contributed by atoms with Crippen molar-refractivity contribution in [3.05, 3.63) is 60.2 Å². The topological polar surface area (TPSA) is 78.0 Å². The van der Waals surface area contributed by atoms with Crippen molar-refractivity contribution in [3.63, 3.8) is 0 Å². The maximum absolute atomic E-state index is 13.4. The predicted molar refractivity (Wildman–Crippen MR) is 111 cm³/mol. The molecule has 0 bridgehead atoms. The molecule has 0 aromatic heterocycles. The zero-order valence-corrected chi connectivity index (χ0v) is 17.2. The van der Waals surface area contributed by atoms with Crippen molar-refractivity contribution in [3.8, 4) is 0 Å². The first-order valence-corrected chi connectivity index (χ1v) is 11.0. The third kappa shape index (κ3) is 4.59. The number of anilines is 1. The summed E-state index contributed by atoms with van der Waals surface area (Å²) in [6, 6.07) is 15.4. The maximum Gasteiger partial charge on any atom is 0.264 e. The van der Waals surface area contributed by atoms with E-state index < -0.39 is 10.0 Å². The molecule has 1 aliphatic heterocycles. The fourth-order valence-corrected chi connectivity index (χ4v) is 4.85. The number of hydrogen-bond acceptors (Lipinski definition) is 4. The minimum Gasteiger partial charge on any atom is -0.342 e. The molecule has 2 aromatic rings. The largest absolute Gasteiger partial charge is 0.342 e. The van der Waals surface area contributed by atoms with Gasteiger partial charge in [0.25, 0.3) is 10.0 Å². The van der Waals surface area contributed by atoms with E-state index in [1.54, 1.807) is 40.1 Å². The minimum atomic E-state index is -3.92. The van der Waals surface area contributed by atoms with E-state index in [4.69, 9.17) is 0 Å². The average Bonchev–Trinajstić information content (AvgIpc) is 2.77. The SMILES string of the molecule is CCc1ccccc1N(CC(=O)N1CCN(C=O)CC1)S(=O)(=O)c1ccccc1. The number of para-hydroxylation sites is 1.